The van der Waals surface area contributed by atoms with Crippen LogP contribution < -0.4 is 17.2 Å². The Kier molecular flexibility index (Phi) is 3.60. The van der Waals surface area contributed by atoms with Crippen molar-refractivity contribution in [2.45, 2.75) is 6.61 Å². The summed E-state index contributed by atoms with van der Waals surface area (Å²) >= 11 is 0. The van der Waals surface area contributed by atoms with Crippen LogP contribution >= 0.6 is 0 Å². The molecule has 1 aromatic heterocycles. The van der Waals surface area contributed by atoms with Gasteiger partial charge in [0, 0.05) is 5.69 Å². The predicted molar refractivity (Wildman–Crippen MR) is 68.6 cm³/mol. The van der Waals surface area contributed by atoms with Gasteiger partial charge in [-0.25, -0.2) is 9.18 Å². The van der Waals surface area contributed by atoms with E-state index in [4.69, 9.17) is 21.9 Å². The smallest absolute Gasteiger partial charge is 0.340 e. The molecule has 2 aromatic rings. The number of nitrogens with two attached hydrogens (primary N) is 3. The first-order chi connectivity index (χ1) is 9.45. The molecule has 0 spiro atoms. The maximum atomic E-state index is 12.9. The lowest BCUT2D eigenvalue weighted by atomic mass is 10.2. The fourth-order valence-corrected chi connectivity index (χ4v) is 1.45. The molecule has 0 aliphatic heterocycles. The molecule has 6 N–H and O–H groups in total. The first-order valence-corrected chi connectivity index (χ1v) is 5.44. The van der Waals surface area contributed by atoms with Crippen molar-refractivity contribution in [1.29, 1.82) is 0 Å². The molecule has 8 nitrogen and oxygen atoms in total. The van der Waals surface area contributed by atoms with E-state index in [1.807, 2.05) is 0 Å². The number of ether oxygens (including phenoxy) is 1. The van der Waals surface area contributed by atoms with E-state index in [2.05, 4.69) is 15.0 Å². The second-order valence-electron chi connectivity index (χ2n) is 3.78. The molecule has 104 valence electrons. The average Bonchev–Trinajstić information content (AvgIpc) is 2.35. The van der Waals surface area contributed by atoms with E-state index in [9.17, 15) is 9.18 Å². The van der Waals surface area contributed by atoms with Gasteiger partial charge >= 0.3 is 5.97 Å². The molecule has 20 heavy (non-hydrogen) atoms. The van der Waals surface area contributed by atoms with Crippen molar-refractivity contribution in [3.05, 3.63) is 35.4 Å². The van der Waals surface area contributed by atoms with E-state index in [1.54, 1.807) is 0 Å². The number of hydrogen-bond acceptors (Lipinski definition) is 8. The van der Waals surface area contributed by atoms with Crippen LogP contribution in [0.3, 0.4) is 0 Å². The molecule has 2 rings (SSSR count). The zero-order valence-corrected chi connectivity index (χ0v) is 10.2. The molecule has 0 saturated heterocycles. The Hall–Kier alpha value is -2.97. The van der Waals surface area contributed by atoms with Crippen LogP contribution in [0.15, 0.2) is 18.2 Å². The molecule has 0 bridgehead atoms. The second-order valence-corrected chi connectivity index (χ2v) is 3.78. The van der Waals surface area contributed by atoms with Gasteiger partial charge in [-0.15, -0.1) is 0 Å². The highest BCUT2D eigenvalue weighted by molar-refractivity contribution is 5.94. The standard InChI is InChI=1S/C11H11FN6O2/c12-5-1-2-6(7(13)3-5)9(19)20-4-8-16-10(14)18-11(15)17-8/h1-3H,4,13H2,(H4,14,15,16,17,18). The van der Waals surface area contributed by atoms with E-state index in [-0.39, 0.29) is 35.6 Å². The molecule has 0 amide bonds. The number of hydrogen-bond donors (Lipinski definition) is 3. The molecule has 0 unspecified atom stereocenters. The number of carbonyl (C=O) groups excluding carboxylic acids is 1. The first kappa shape index (κ1) is 13.5. The molecule has 0 saturated carbocycles. The average molecular weight is 278 g/mol. The van der Waals surface area contributed by atoms with Gasteiger partial charge in [0.15, 0.2) is 12.4 Å². The molecular weight excluding hydrogens is 267 g/mol. The van der Waals surface area contributed by atoms with Gasteiger partial charge < -0.3 is 21.9 Å². The van der Waals surface area contributed by atoms with Gasteiger partial charge in [-0.1, -0.05) is 0 Å². The summed E-state index contributed by atoms with van der Waals surface area (Å²) in [4.78, 5) is 22.8. The summed E-state index contributed by atoms with van der Waals surface area (Å²) in [6.07, 6.45) is 0. The van der Waals surface area contributed by atoms with Crippen LogP contribution in [0.4, 0.5) is 22.0 Å². The SMILES string of the molecule is Nc1nc(N)nc(COC(=O)c2ccc(F)cc2N)n1. The topological polar surface area (TPSA) is 143 Å². The highest BCUT2D eigenvalue weighted by atomic mass is 19.1. The van der Waals surface area contributed by atoms with Crippen molar-refractivity contribution in [2.24, 2.45) is 0 Å². The van der Waals surface area contributed by atoms with E-state index < -0.39 is 11.8 Å². The lowest BCUT2D eigenvalue weighted by Gasteiger charge is -2.06. The van der Waals surface area contributed by atoms with Crippen molar-refractivity contribution in [3.63, 3.8) is 0 Å². The number of aromatic nitrogens is 3. The van der Waals surface area contributed by atoms with E-state index in [0.717, 1.165) is 12.1 Å². The molecular formula is C11H11FN6O2. The van der Waals surface area contributed by atoms with Crippen molar-refractivity contribution >= 4 is 23.6 Å². The summed E-state index contributed by atoms with van der Waals surface area (Å²) in [5.74, 6) is -1.34. The van der Waals surface area contributed by atoms with Gasteiger partial charge in [0.25, 0.3) is 0 Å². The Morgan fingerprint density at radius 3 is 2.40 bits per heavy atom. The minimum atomic E-state index is -0.736. The van der Waals surface area contributed by atoms with Crippen LogP contribution in [0.5, 0.6) is 0 Å². The molecule has 0 radical (unpaired) electrons. The molecule has 0 atom stereocenters. The van der Waals surface area contributed by atoms with Crippen LogP contribution in [-0.2, 0) is 11.3 Å². The predicted octanol–water partition coefficient (Wildman–Crippen LogP) is 0.114. The molecule has 1 aromatic carbocycles. The van der Waals surface area contributed by atoms with Crippen molar-refractivity contribution < 1.29 is 13.9 Å². The summed E-state index contributed by atoms with van der Waals surface area (Å²) in [5.41, 5.74) is 16.3. The number of nitrogens with zero attached hydrogens (tertiary/aromatic N) is 3. The molecule has 0 fully saturated rings. The number of nitrogen functional groups attached to an aromatic ring is 3. The lowest BCUT2D eigenvalue weighted by Crippen LogP contribution is -2.12. The molecule has 0 aliphatic carbocycles. The van der Waals surface area contributed by atoms with Crippen molar-refractivity contribution in [2.75, 3.05) is 17.2 Å². The monoisotopic (exact) mass is 278 g/mol. The van der Waals surface area contributed by atoms with Crippen molar-refractivity contribution in [1.82, 2.24) is 15.0 Å². The van der Waals surface area contributed by atoms with Gasteiger partial charge in [0.1, 0.15) is 5.82 Å². The Labute approximate surface area is 112 Å². The van der Waals surface area contributed by atoms with Gasteiger partial charge in [-0.2, -0.15) is 15.0 Å². The summed E-state index contributed by atoms with van der Waals surface area (Å²) in [7, 11) is 0. The molecule has 9 heteroatoms. The van der Waals surface area contributed by atoms with Gasteiger partial charge in [0.05, 0.1) is 5.56 Å². The minimum Gasteiger partial charge on any atom is -0.454 e. The summed E-state index contributed by atoms with van der Waals surface area (Å²) in [5, 5.41) is 0. The molecule has 1 heterocycles. The Balaban J connectivity index is 2.08. The van der Waals surface area contributed by atoms with Gasteiger partial charge in [0.2, 0.25) is 11.9 Å². The number of halogens is 1. The van der Waals surface area contributed by atoms with E-state index in [0.29, 0.717) is 0 Å². The van der Waals surface area contributed by atoms with Crippen LogP contribution in [0.25, 0.3) is 0 Å². The number of esters is 1. The quantitative estimate of drug-likeness (QED) is 0.530. The second kappa shape index (κ2) is 5.34. The van der Waals surface area contributed by atoms with Crippen LogP contribution in [-0.4, -0.2) is 20.9 Å². The third kappa shape index (κ3) is 3.07. The third-order valence-electron chi connectivity index (χ3n) is 2.28. The summed E-state index contributed by atoms with van der Waals surface area (Å²) in [6, 6.07) is 3.35. The highest BCUT2D eigenvalue weighted by Crippen LogP contribution is 2.15. The highest BCUT2D eigenvalue weighted by Gasteiger charge is 2.13. The fourth-order valence-electron chi connectivity index (χ4n) is 1.45. The first-order valence-electron chi connectivity index (χ1n) is 5.44. The van der Waals surface area contributed by atoms with Crippen molar-refractivity contribution in [3.8, 4) is 0 Å². The summed E-state index contributed by atoms with van der Waals surface area (Å²) < 4.78 is 17.8. The number of rotatable bonds is 3. The Bertz CT molecular complexity index is 643. The number of carbonyl (C=O) groups is 1. The normalized spacial score (nSPS) is 10.2. The molecule has 0 aliphatic rings. The van der Waals surface area contributed by atoms with E-state index in [1.165, 1.54) is 6.07 Å². The zero-order chi connectivity index (χ0) is 14.7. The van der Waals surface area contributed by atoms with Crippen LogP contribution in [0.2, 0.25) is 0 Å². The largest absolute Gasteiger partial charge is 0.454 e. The van der Waals surface area contributed by atoms with Gasteiger partial charge in [-0.05, 0) is 18.2 Å². The Morgan fingerprint density at radius 1 is 1.15 bits per heavy atom. The lowest BCUT2D eigenvalue weighted by molar-refractivity contribution is 0.0463. The number of benzene rings is 1. The third-order valence-corrected chi connectivity index (χ3v) is 2.28. The zero-order valence-electron chi connectivity index (χ0n) is 10.2. The maximum absolute atomic E-state index is 12.9. The van der Waals surface area contributed by atoms with E-state index >= 15 is 0 Å². The van der Waals surface area contributed by atoms with Gasteiger partial charge in [-0.3, -0.25) is 0 Å². The summed E-state index contributed by atoms with van der Waals surface area (Å²) in [6.45, 7) is -0.257. The maximum Gasteiger partial charge on any atom is 0.340 e. The van der Waals surface area contributed by atoms with Crippen LogP contribution in [0, 0.1) is 5.82 Å². The minimum absolute atomic E-state index is 0.0234. The fraction of sp³-hybridized carbons (Fsp3) is 0.0909. The number of anilines is 3. The Morgan fingerprint density at radius 2 is 1.80 bits per heavy atom. The van der Waals surface area contributed by atoms with Crippen LogP contribution in [0.1, 0.15) is 16.2 Å².